The van der Waals surface area contributed by atoms with E-state index in [4.69, 9.17) is 27.9 Å². The molecule has 1 aromatic heterocycles. The van der Waals surface area contributed by atoms with Gasteiger partial charge in [-0.1, -0.05) is 53.5 Å². The molecule has 0 saturated heterocycles. The molecule has 2 aromatic rings. The number of hydrogen-bond donors (Lipinski definition) is 2. The standard InChI is InChI=1S/C19H17Cl2N3O4/c1-11-14(20)9-22-18(17(11)21)24-16(26)10-28-19(27)15(23-12(2)25)8-13-6-4-3-5-7-13/h3-9H,10H2,1-2H3,(H,23,25)(H,22,24,26)/b15-8-. The Morgan fingerprint density at radius 2 is 1.86 bits per heavy atom. The molecule has 1 aromatic carbocycles. The summed E-state index contributed by atoms with van der Waals surface area (Å²) in [6.07, 6.45) is 2.80. The van der Waals surface area contributed by atoms with Crippen LogP contribution < -0.4 is 10.6 Å². The van der Waals surface area contributed by atoms with E-state index < -0.39 is 24.4 Å². The topological polar surface area (TPSA) is 97.4 Å². The van der Waals surface area contributed by atoms with Crippen molar-refractivity contribution in [2.24, 2.45) is 0 Å². The van der Waals surface area contributed by atoms with Crippen LogP contribution in [-0.2, 0) is 19.1 Å². The van der Waals surface area contributed by atoms with Crippen molar-refractivity contribution in [3.8, 4) is 0 Å². The average Bonchev–Trinajstić information content (AvgIpc) is 2.66. The van der Waals surface area contributed by atoms with Crippen molar-refractivity contribution in [1.82, 2.24) is 10.3 Å². The summed E-state index contributed by atoms with van der Waals surface area (Å²) < 4.78 is 4.97. The summed E-state index contributed by atoms with van der Waals surface area (Å²) >= 11 is 12.0. The number of nitrogens with zero attached hydrogens (tertiary/aromatic N) is 1. The molecule has 28 heavy (non-hydrogen) atoms. The molecule has 0 spiro atoms. The monoisotopic (exact) mass is 421 g/mol. The van der Waals surface area contributed by atoms with Crippen LogP contribution in [-0.4, -0.2) is 29.4 Å². The molecule has 7 nitrogen and oxygen atoms in total. The first kappa shape index (κ1) is 21.4. The van der Waals surface area contributed by atoms with Crippen LogP contribution in [0, 0.1) is 6.92 Å². The maximum atomic E-state index is 12.3. The zero-order chi connectivity index (χ0) is 20.7. The van der Waals surface area contributed by atoms with Crippen molar-refractivity contribution >= 4 is 52.9 Å². The number of pyridine rings is 1. The van der Waals surface area contributed by atoms with Crippen molar-refractivity contribution in [2.75, 3.05) is 11.9 Å². The Balaban J connectivity index is 2.04. The van der Waals surface area contributed by atoms with Gasteiger partial charge in [-0.2, -0.15) is 0 Å². The SMILES string of the molecule is CC(=O)N/C(=C\c1ccccc1)C(=O)OCC(=O)Nc1ncc(Cl)c(C)c1Cl. The number of esters is 1. The van der Waals surface area contributed by atoms with E-state index in [-0.39, 0.29) is 16.5 Å². The Hall–Kier alpha value is -2.90. The molecule has 0 aliphatic heterocycles. The fourth-order valence-electron chi connectivity index (χ4n) is 2.07. The third-order valence-electron chi connectivity index (χ3n) is 3.44. The fourth-order valence-corrected chi connectivity index (χ4v) is 2.46. The molecule has 1 heterocycles. The molecular formula is C19H17Cl2N3O4. The molecule has 2 rings (SSSR count). The molecule has 0 bridgehead atoms. The van der Waals surface area contributed by atoms with Crippen LogP contribution in [0.15, 0.2) is 42.2 Å². The van der Waals surface area contributed by atoms with Gasteiger partial charge in [0.05, 0.1) is 10.0 Å². The summed E-state index contributed by atoms with van der Waals surface area (Å²) in [6.45, 7) is 2.34. The number of hydrogen-bond acceptors (Lipinski definition) is 5. The molecule has 9 heteroatoms. The minimum atomic E-state index is -0.861. The Kier molecular flexibility index (Phi) is 7.54. The van der Waals surface area contributed by atoms with E-state index in [0.29, 0.717) is 16.1 Å². The Morgan fingerprint density at radius 3 is 2.50 bits per heavy atom. The van der Waals surface area contributed by atoms with Crippen molar-refractivity contribution in [2.45, 2.75) is 13.8 Å². The lowest BCUT2D eigenvalue weighted by molar-refractivity contribution is -0.144. The normalized spacial score (nSPS) is 10.9. The Morgan fingerprint density at radius 1 is 1.18 bits per heavy atom. The highest BCUT2D eigenvalue weighted by atomic mass is 35.5. The van der Waals surface area contributed by atoms with Crippen LogP contribution in [0.3, 0.4) is 0 Å². The number of anilines is 1. The lowest BCUT2D eigenvalue weighted by Gasteiger charge is -2.11. The molecule has 2 amide bonds. The molecule has 0 fully saturated rings. The van der Waals surface area contributed by atoms with Crippen molar-refractivity contribution < 1.29 is 19.1 Å². The first-order chi connectivity index (χ1) is 13.3. The van der Waals surface area contributed by atoms with Crippen molar-refractivity contribution in [3.05, 3.63) is 63.4 Å². The van der Waals surface area contributed by atoms with E-state index in [1.807, 2.05) is 6.07 Å². The summed E-state index contributed by atoms with van der Waals surface area (Å²) in [6, 6.07) is 8.87. The van der Waals surface area contributed by atoms with Gasteiger partial charge >= 0.3 is 5.97 Å². The van der Waals surface area contributed by atoms with Gasteiger partial charge in [0.2, 0.25) is 5.91 Å². The van der Waals surface area contributed by atoms with E-state index >= 15 is 0 Å². The number of halogens is 2. The second kappa shape index (κ2) is 9.87. The highest BCUT2D eigenvalue weighted by molar-refractivity contribution is 6.37. The van der Waals surface area contributed by atoms with Crippen LogP contribution in [0.4, 0.5) is 5.82 Å². The van der Waals surface area contributed by atoms with Gasteiger partial charge in [-0.05, 0) is 24.1 Å². The molecule has 0 saturated carbocycles. The Bertz CT molecular complexity index is 930. The van der Waals surface area contributed by atoms with Gasteiger partial charge in [-0.15, -0.1) is 0 Å². The predicted molar refractivity (Wildman–Crippen MR) is 107 cm³/mol. The van der Waals surface area contributed by atoms with Gasteiger partial charge in [-0.25, -0.2) is 9.78 Å². The third-order valence-corrected chi connectivity index (χ3v) is 4.28. The van der Waals surface area contributed by atoms with Crippen molar-refractivity contribution in [1.29, 1.82) is 0 Å². The molecule has 0 radical (unpaired) electrons. The number of aromatic nitrogens is 1. The zero-order valence-electron chi connectivity index (χ0n) is 15.1. The molecule has 0 aliphatic rings. The van der Waals surface area contributed by atoms with Gasteiger partial charge in [0.15, 0.2) is 12.4 Å². The minimum Gasteiger partial charge on any atom is -0.451 e. The van der Waals surface area contributed by atoms with Gasteiger partial charge in [0.25, 0.3) is 5.91 Å². The summed E-state index contributed by atoms with van der Waals surface area (Å²) in [5.74, 6) is -1.85. The highest BCUT2D eigenvalue weighted by Crippen LogP contribution is 2.28. The van der Waals surface area contributed by atoms with E-state index in [0.717, 1.165) is 0 Å². The first-order valence-electron chi connectivity index (χ1n) is 8.10. The lowest BCUT2D eigenvalue weighted by atomic mass is 10.2. The summed E-state index contributed by atoms with van der Waals surface area (Å²) in [5.41, 5.74) is 1.15. The van der Waals surface area contributed by atoms with E-state index in [1.54, 1.807) is 31.2 Å². The number of carbonyl (C=O) groups is 3. The lowest BCUT2D eigenvalue weighted by Crippen LogP contribution is -2.29. The van der Waals surface area contributed by atoms with E-state index in [9.17, 15) is 14.4 Å². The molecule has 0 aliphatic carbocycles. The minimum absolute atomic E-state index is 0.0926. The largest absolute Gasteiger partial charge is 0.451 e. The average molecular weight is 422 g/mol. The molecule has 2 N–H and O–H groups in total. The predicted octanol–water partition coefficient (Wildman–Crippen LogP) is 3.36. The second-order valence-corrected chi connectivity index (χ2v) is 6.45. The number of nitrogens with one attached hydrogen (secondary N) is 2. The maximum Gasteiger partial charge on any atom is 0.355 e. The molecular weight excluding hydrogens is 405 g/mol. The Labute approximate surface area is 171 Å². The van der Waals surface area contributed by atoms with Crippen LogP contribution in [0.5, 0.6) is 0 Å². The molecule has 146 valence electrons. The van der Waals surface area contributed by atoms with Crippen LogP contribution >= 0.6 is 23.2 Å². The number of rotatable bonds is 6. The van der Waals surface area contributed by atoms with Crippen molar-refractivity contribution in [3.63, 3.8) is 0 Å². The van der Waals surface area contributed by atoms with E-state index in [2.05, 4.69) is 15.6 Å². The smallest absolute Gasteiger partial charge is 0.355 e. The van der Waals surface area contributed by atoms with Gasteiger partial charge in [-0.3, -0.25) is 9.59 Å². The fraction of sp³-hybridized carbons (Fsp3) is 0.158. The molecule has 0 unspecified atom stereocenters. The van der Waals surface area contributed by atoms with Crippen LogP contribution in [0.25, 0.3) is 6.08 Å². The summed E-state index contributed by atoms with van der Waals surface area (Å²) in [4.78, 5) is 39.6. The highest BCUT2D eigenvalue weighted by Gasteiger charge is 2.16. The maximum absolute atomic E-state index is 12.3. The van der Waals surface area contributed by atoms with Crippen LogP contribution in [0.1, 0.15) is 18.1 Å². The quantitative estimate of drug-likeness (QED) is 0.550. The summed E-state index contributed by atoms with van der Waals surface area (Å²) in [7, 11) is 0. The van der Waals surface area contributed by atoms with Crippen LogP contribution in [0.2, 0.25) is 10.0 Å². The second-order valence-electron chi connectivity index (χ2n) is 5.67. The number of amides is 2. The first-order valence-corrected chi connectivity index (χ1v) is 8.85. The zero-order valence-corrected chi connectivity index (χ0v) is 16.6. The van der Waals surface area contributed by atoms with E-state index in [1.165, 1.54) is 19.2 Å². The van der Waals surface area contributed by atoms with Gasteiger partial charge < -0.3 is 15.4 Å². The number of benzene rings is 1. The number of carbonyl (C=O) groups excluding carboxylic acids is 3. The molecule has 0 atom stereocenters. The van der Waals surface area contributed by atoms with Gasteiger partial charge in [0.1, 0.15) is 5.70 Å². The third kappa shape index (κ3) is 6.07. The number of ether oxygens (including phenoxy) is 1. The summed E-state index contributed by atoms with van der Waals surface area (Å²) in [5, 5.41) is 5.38. The van der Waals surface area contributed by atoms with Gasteiger partial charge in [0, 0.05) is 13.1 Å².